The molecule has 0 saturated carbocycles. The van der Waals surface area contributed by atoms with Gasteiger partial charge in [0.25, 0.3) is 0 Å². The minimum absolute atomic E-state index is 0.0535. The summed E-state index contributed by atoms with van der Waals surface area (Å²) in [6.07, 6.45) is 1.72. The molecule has 0 bridgehead atoms. The molecule has 2 aromatic rings. The third-order valence-corrected chi connectivity index (χ3v) is 2.33. The molecule has 0 unspecified atom stereocenters. The average molecular weight is 203 g/mol. The third-order valence-electron chi connectivity index (χ3n) is 2.33. The highest BCUT2D eigenvalue weighted by Gasteiger charge is 2.03. The van der Waals surface area contributed by atoms with Crippen LogP contribution in [0.3, 0.4) is 0 Å². The van der Waals surface area contributed by atoms with Gasteiger partial charge < -0.3 is 9.72 Å². The van der Waals surface area contributed by atoms with E-state index in [1.807, 2.05) is 31.2 Å². The van der Waals surface area contributed by atoms with Crippen LogP contribution in [-0.4, -0.2) is 11.6 Å². The van der Waals surface area contributed by atoms with Crippen LogP contribution in [0.5, 0.6) is 0 Å². The zero-order valence-corrected chi connectivity index (χ0v) is 8.62. The Bertz CT molecular complexity index is 516. The summed E-state index contributed by atoms with van der Waals surface area (Å²) >= 11 is 0. The highest BCUT2D eigenvalue weighted by Crippen LogP contribution is 2.07. The lowest BCUT2D eigenvalue weighted by molar-refractivity contribution is 0.133. The zero-order chi connectivity index (χ0) is 10.7. The Hall–Kier alpha value is -1.61. The van der Waals surface area contributed by atoms with E-state index in [1.54, 1.807) is 6.20 Å². The number of aromatic nitrogens is 1. The summed E-state index contributed by atoms with van der Waals surface area (Å²) in [5.41, 5.74) is 1.59. The maximum absolute atomic E-state index is 11.9. The molecule has 0 radical (unpaired) electrons. The molecule has 78 valence electrons. The van der Waals surface area contributed by atoms with Gasteiger partial charge in [0, 0.05) is 29.3 Å². The number of aromatic amines is 1. The molecule has 0 atom stereocenters. The highest BCUT2D eigenvalue weighted by atomic mass is 16.5. The first-order chi connectivity index (χ1) is 7.33. The monoisotopic (exact) mass is 203 g/mol. The molecule has 1 aromatic heterocycles. The number of ether oxygens (including phenoxy) is 1. The number of pyridine rings is 1. The van der Waals surface area contributed by atoms with Crippen molar-refractivity contribution in [3.05, 3.63) is 46.2 Å². The van der Waals surface area contributed by atoms with E-state index in [1.165, 1.54) is 0 Å². The molecule has 3 nitrogen and oxygen atoms in total. The van der Waals surface area contributed by atoms with Crippen LogP contribution in [0.4, 0.5) is 0 Å². The van der Waals surface area contributed by atoms with Crippen molar-refractivity contribution in [3.8, 4) is 0 Å². The molecule has 1 heterocycles. The summed E-state index contributed by atoms with van der Waals surface area (Å²) in [6, 6.07) is 7.48. The molecule has 0 aliphatic heterocycles. The lowest BCUT2D eigenvalue weighted by Crippen LogP contribution is -2.11. The quantitative estimate of drug-likeness (QED) is 0.829. The maximum atomic E-state index is 11.9. The van der Waals surface area contributed by atoms with Crippen LogP contribution in [0.2, 0.25) is 0 Å². The molecule has 3 heteroatoms. The van der Waals surface area contributed by atoms with Crippen LogP contribution in [-0.2, 0) is 11.3 Å². The van der Waals surface area contributed by atoms with Crippen molar-refractivity contribution in [2.45, 2.75) is 13.5 Å². The fourth-order valence-electron chi connectivity index (χ4n) is 1.53. The lowest BCUT2D eigenvalue weighted by atomic mass is 10.1. The fourth-order valence-corrected chi connectivity index (χ4v) is 1.53. The van der Waals surface area contributed by atoms with Crippen molar-refractivity contribution in [3.63, 3.8) is 0 Å². The Morgan fingerprint density at radius 3 is 2.93 bits per heavy atom. The third kappa shape index (κ3) is 1.92. The Labute approximate surface area is 87.7 Å². The van der Waals surface area contributed by atoms with Crippen LogP contribution in [0.15, 0.2) is 35.3 Å². The van der Waals surface area contributed by atoms with Crippen molar-refractivity contribution in [2.24, 2.45) is 0 Å². The minimum Gasteiger partial charge on any atom is -0.377 e. The smallest absolute Gasteiger partial charge is 0.194 e. The van der Waals surface area contributed by atoms with E-state index in [-0.39, 0.29) is 5.43 Å². The van der Waals surface area contributed by atoms with E-state index in [0.717, 1.165) is 10.9 Å². The number of H-pyrrole nitrogens is 1. The standard InChI is InChI=1S/C12H13NO2/c1-2-15-8-9-7-13-11-6-4-3-5-10(11)12(9)14/h3-7H,2,8H2,1H3,(H,13,14). The molecule has 0 aliphatic carbocycles. The van der Waals surface area contributed by atoms with Crippen molar-refractivity contribution >= 4 is 10.9 Å². The molecule has 0 aliphatic rings. The summed E-state index contributed by atoms with van der Waals surface area (Å²) < 4.78 is 5.23. The van der Waals surface area contributed by atoms with Gasteiger partial charge in [0.1, 0.15) is 0 Å². The Morgan fingerprint density at radius 1 is 1.33 bits per heavy atom. The van der Waals surface area contributed by atoms with Crippen LogP contribution in [0, 0.1) is 0 Å². The SMILES string of the molecule is CCOCc1c[nH]c2ccccc2c1=O. The summed E-state index contributed by atoms with van der Waals surface area (Å²) in [4.78, 5) is 15.0. The number of hydrogen-bond acceptors (Lipinski definition) is 2. The molecule has 0 amide bonds. The first-order valence-electron chi connectivity index (χ1n) is 5.00. The maximum Gasteiger partial charge on any atom is 0.194 e. The molecule has 0 saturated heterocycles. The lowest BCUT2D eigenvalue weighted by Gasteiger charge is -2.02. The van der Waals surface area contributed by atoms with E-state index in [2.05, 4.69) is 4.98 Å². The molecule has 2 rings (SSSR count). The van der Waals surface area contributed by atoms with E-state index in [9.17, 15) is 4.79 Å². The van der Waals surface area contributed by atoms with Crippen molar-refractivity contribution in [1.82, 2.24) is 4.98 Å². The normalized spacial score (nSPS) is 10.7. The number of hydrogen-bond donors (Lipinski definition) is 1. The van der Waals surface area contributed by atoms with Crippen LogP contribution >= 0.6 is 0 Å². The fraction of sp³-hybridized carbons (Fsp3) is 0.250. The van der Waals surface area contributed by atoms with Crippen molar-refractivity contribution in [2.75, 3.05) is 6.61 Å². The van der Waals surface area contributed by atoms with Gasteiger partial charge >= 0.3 is 0 Å². The number of benzene rings is 1. The molecule has 15 heavy (non-hydrogen) atoms. The second kappa shape index (κ2) is 4.28. The summed E-state index contributed by atoms with van der Waals surface area (Å²) in [6.45, 7) is 2.90. The van der Waals surface area contributed by atoms with Crippen molar-refractivity contribution < 1.29 is 4.74 Å². The number of rotatable bonds is 3. The van der Waals surface area contributed by atoms with Crippen LogP contribution in [0.1, 0.15) is 12.5 Å². The Balaban J connectivity index is 2.51. The Morgan fingerprint density at radius 2 is 2.13 bits per heavy atom. The highest BCUT2D eigenvalue weighted by molar-refractivity contribution is 5.78. The van der Waals surface area contributed by atoms with Gasteiger partial charge in [-0.25, -0.2) is 0 Å². The van der Waals surface area contributed by atoms with Gasteiger partial charge in [-0.2, -0.15) is 0 Å². The summed E-state index contributed by atoms with van der Waals surface area (Å²) in [5.74, 6) is 0. The van der Waals surface area contributed by atoms with Crippen LogP contribution < -0.4 is 5.43 Å². The number of para-hydroxylation sites is 1. The molecule has 1 N–H and O–H groups in total. The second-order valence-corrected chi connectivity index (χ2v) is 3.33. The molecule has 0 fully saturated rings. The van der Waals surface area contributed by atoms with Gasteiger partial charge in [0.15, 0.2) is 5.43 Å². The van der Waals surface area contributed by atoms with E-state index >= 15 is 0 Å². The number of nitrogens with one attached hydrogen (secondary N) is 1. The first-order valence-corrected chi connectivity index (χ1v) is 5.00. The van der Waals surface area contributed by atoms with Gasteiger partial charge in [-0.1, -0.05) is 12.1 Å². The van der Waals surface area contributed by atoms with E-state index in [4.69, 9.17) is 4.74 Å². The summed E-state index contributed by atoms with van der Waals surface area (Å²) in [5, 5.41) is 0.717. The van der Waals surface area contributed by atoms with Gasteiger partial charge in [0.2, 0.25) is 0 Å². The van der Waals surface area contributed by atoms with Gasteiger partial charge in [-0.05, 0) is 19.1 Å². The predicted octanol–water partition coefficient (Wildman–Crippen LogP) is 2.06. The minimum atomic E-state index is 0.0535. The first kappa shape index (κ1) is 9.93. The predicted molar refractivity (Wildman–Crippen MR) is 59.9 cm³/mol. The van der Waals surface area contributed by atoms with Crippen LogP contribution in [0.25, 0.3) is 10.9 Å². The van der Waals surface area contributed by atoms with Gasteiger partial charge in [-0.15, -0.1) is 0 Å². The molecule has 0 spiro atoms. The van der Waals surface area contributed by atoms with Crippen molar-refractivity contribution in [1.29, 1.82) is 0 Å². The second-order valence-electron chi connectivity index (χ2n) is 3.33. The van der Waals surface area contributed by atoms with E-state index < -0.39 is 0 Å². The largest absolute Gasteiger partial charge is 0.377 e. The van der Waals surface area contributed by atoms with E-state index in [0.29, 0.717) is 18.8 Å². The van der Waals surface area contributed by atoms with Gasteiger partial charge in [0.05, 0.1) is 6.61 Å². The molecular formula is C12H13NO2. The number of fused-ring (bicyclic) bond motifs is 1. The topological polar surface area (TPSA) is 42.1 Å². The average Bonchev–Trinajstić information content (AvgIpc) is 2.29. The van der Waals surface area contributed by atoms with Gasteiger partial charge in [-0.3, -0.25) is 4.79 Å². The zero-order valence-electron chi connectivity index (χ0n) is 8.62. The summed E-state index contributed by atoms with van der Waals surface area (Å²) in [7, 11) is 0. The Kier molecular flexibility index (Phi) is 2.83. The molecule has 1 aromatic carbocycles. The molecular weight excluding hydrogens is 190 g/mol.